The van der Waals surface area contributed by atoms with E-state index in [1.165, 1.54) is 0 Å². The third kappa shape index (κ3) is 2.92. The predicted molar refractivity (Wildman–Crippen MR) is 131 cm³/mol. The van der Waals surface area contributed by atoms with Crippen molar-refractivity contribution in [3.8, 4) is 22.4 Å². The summed E-state index contributed by atoms with van der Waals surface area (Å²) in [4.78, 5) is 3.75. The van der Waals surface area contributed by atoms with Crippen LogP contribution in [0.25, 0.3) is 49.2 Å². The summed E-state index contributed by atoms with van der Waals surface area (Å²) in [5.41, 5.74) is 6.45. The van der Waals surface area contributed by atoms with Crippen molar-refractivity contribution in [2.75, 3.05) is 0 Å². The fourth-order valence-corrected chi connectivity index (χ4v) is 4.24. The van der Waals surface area contributed by atoms with Gasteiger partial charge in [-0.15, -0.1) is 0 Å². The molecule has 3 nitrogen and oxygen atoms in total. The van der Waals surface area contributed by atoms with Crippen LogP contribution in [0.4, 0.5) is 5.69 Å². The van der Waals surface area contributed by atoms with Gasteiger partial charge in [0.15, 0.2) is 11.4 Å². The molecule has 32 heavy (non-hydrogen) atoms. The van der Waals surface area contributed by atoms with E-state index in [0.29, 0.717) is 39.4 Å². The van der Waals surface area contributed by atoms with Crippen molar-refractivity contribution >= 4 is 27.6 Å². The first-order chi connectivity index (χ1) is 17.5. The number of fused-ring (bicyclic) bond motifs is 3. The zero-order chi connectivity index (χ0) is 26.8. The van der Waals surface area contributed by atoms with Crippen LogP contribution in [-0.2, 0) is 7.05 Å². The Morgan fingerprint density at radius 2 is 1.56 bits per heavy atom. The molecule has 0 atom stereocenters. The van der Waals surface area contributed by atoms with Gasteiger partial charge in [-0.2, -0.15) is 4.57 Å². The average Bonchev–Trinajstić information content (AvgIpc) is 3.22. The third-order valence-corrected chi connectivity index (χ3v) is 6.20. The van der Waals surface area contributed by atoms with Crippen molar-refractivity contribution in [1.29, 1.82) is 0 Å². The van der Waals surface area contributed by atoms with E-state index in [4.69, 9.17) is 17.8 Å². The molecule has 0 aliphatic carbocycles. The summed E-state index contributed by atoms with van der Waals surface area (Å²) in [6.45, 7) is 10.8. The van der Waals surface area contributed by atoms with Crippen molar-refractivity contribution in [2.45, 2.75) is 27.6 Å². The second kappa shape index (κ2) is 7.35. The molecule has 5 rings (SSSR count). The molecule has 0 spiro atoms. The summed E-state index contributed by atoms with van der Waals surface area (Å²) in [5.74, 6) is 0. The first-order valence-corrected chi connectivity index (χ1v) is 10.4. The molecule has 0 bridgehead atoms. The highest BCUT2D eigenvalue weighted by molar-refractivity contribution is 6.15. The monoisotopic (exact) mass is 422 g/mol. The lowest BCUT2D eigenvalue weighted by Crippen LogP contribution is -2.35. The Morgan fingerprint density at radius 1 is 0.875 bits per heavy atom. The first kappa shape index (κ1) is 15.0. The van der Waals surface area contributed by atoms with Gasteiger partial charge in [-0.25, -0.2) is 4.85 Å². The SMILES string of the molecule is [2H]c1c([2H])c(-c2c(C)ccc3c2oc2c(-c4ccc(C)cc4)c([N+]#[C-])ccc23)[n+](C)c(C)c1C([2H])([2H])[2H]. The number of furan rings is 1. The van der Waals surface area contributed by atoms with E-state index < -0.39 is 6.85 Å². The van der Waals surface area contributed by atoms with Crippen LogP contribution in [0.3, 0.4) is 0 Å². The number of rotatable bonds is 2. The highest BCUT2D eigenvalue weighted by atomic mass is 16.3. The summed E-state index contributed by atoms with van der Waals surface area (Å²) < 4.78 is 49.3. The van der Waals surface area contributed by atoms with Crippen LogP contribution in [0.5, 0.6) is 0 Å². The van der Waals surface area contributed by atoms with Crippen molar-refractivity contribution in [3.63, 3.8) is 0 Å². The number of hydrogen-bond donors (Lipinski definition) is 0. The van der Waals surface area contributed by atoms with Crippen molar-refractivity contribution in [1.82, 2.24) is 0 Å². The molecule has 0 aliphatic rings. The van der Waals surface area contributed by atoms with Crippen LogP contribution >= 0.6 is 0 Å². The van der Waals surface area contributed by atoms with Crippen molar-refractivity contribution in [2.24, 2.45) is 7.05 Å². The maximum Gasteiger partial charge on any atom is 0.216 e. The minimum absolute atomic E-state index is 0.124. The molecule has 5 aromatic rings. The molecule has 0 saturated heterocycles. The molecular formula is C29H25N2O+. The molecule has 156 valence electrons. The number of aromatic nitrogens is 1. The van der Waals surface area contributed by atoms with Gasteiger partial charge in [0.2, 0.25) is 5.69 Å². The van der Waals surface area contributed by atoms with Gasteiger partial charge in [0, 0.05) is 39.0 Å². The van der Waals surface area contributed by atoms with Gasteiger partial charge in [0.25, 0.3) is 0 Å². The number of nitrogens with zero attached hydrogens (tertiary/aromatic N) is 2. The van der Waals surface area contributed by atoms with E-state index in [9.17, 15) is 0 Å². The summed E-state index contributed by atoms with van der Waals surface area (Å²) in [7, 11) is 1.72. The Balaban J connectivity index is 1.92. The van der Waals surface area contributed by atoms with Crippen molar-refractivity contribution in [3.05, 3.63) is 94.4 Å². The zero-order valence-electron chi connectivity index (χ0n) is 23.4. The summed E-state index contributed by atoms with van der Waals surface area (Å²) in [5, 5.41) is 1.67. The molecule has 0 N–H and O–H groups in total. The van der Waals surface area contributed by atoms with Crippen LogP contribution in [0.15, 0.2) is 65.0 Å². The van der Waals surface area contributed by atoms with Gasteiger partial charge >= 0.3 is 0 Å². The zero-order valence-corrected chi connectivity index (χ0v) is 18.4. The predicted octanol–water partition coefficient (Wildman–Crippen LogP) is 7.53. The molecule has 2 heterocycles. The molecule has 0 saturated carbocycles. The average molecular weight is 423 g/mol. The normalized spacial score (nSPS) is 13.9. The van der Waals surface area contributed by atoms with Crippen LogP contribution in [0, 0.1) is 34.2 Å². The van der Waals surface area contributed by atoms with E-state index >= 15 is 0 Å². The second-order valence-corrected chi connectivity index (χ2v) is 8.17. The lowest BCUT2D eigenvalue weighted by atomic mass is 9.97. The van der Waals surface area contributed by atoms with Crippen LogP contribution in [0.2, 0.25) is 0 Å². The fraction of sp³-hybridized carbons (Fsp3) is 0.172. The molecule has 0 radical (unpaired) electrons. The van der Waals surface area contributed by atoms with E-state index in [0.717, 1.165) is 27.5 Å². The quantitative estimate of drug-likeness (QED) is 0.213. The van der Waals surface area contributed by atoms with Crippen LogP contribution in [0.1, 0.15) is 29.2 Å². The largest absolute Gasteiger partial charge is 0.456 e. The van der Waals surface area contributed by atoms with E-state index in [1.807, 2.05) is 56.3 Å². The second-order valence-electron chi connectivity index (χ2n) is 8.17. The van der Waals surface area contributed by atoms with Gasteiger partial charge < -0.3 is 4.42 Å². The standard InChI is InChI=1S/C29H25N2O/c1-17-7-11-21(12-8-17)27-24(30-5)15-14-23-22-13-9-19(3)26(28(22)32-29(23)27)25-16-10-18(2)20(4)31(25)6/h7-16H,1-4,6H3/q+1/i2D3,10D,16D. The van der Waals surface area contributed by atoms with E-state index in [1.54, 1.807) is 24.6 Å². The highest BCUT2D eigenvalue weighted by Crippen LogP contribution is 2.44. The van der Waals surface area contributed by atoms with Crippen molar-refractivity contribution < 1.29 is 15.8 Å². The van der Waals surface area contributed by atoms with Gasteiger partial charge in [0.05, 0.1) is 14.9 Å². The lowest BCUT2D eigenvalue weighted by molar-refractivity contribution is -0.667. The third-order valence-electron chi connectivity index (χ3n) is 6.20. The van der Waals surface area contributed by atoms with Gasteiger partial charge in [0.1, 0.15) is 18.2 Å². The number of hydrogen-bond acceptors (Lipinski definition) is 1. The molecule has 3 aromatic carbocycles. The van der Waals surface area contributed by atoms with Gasteiger partial charge in [-0.05, 0) is 37.9 Å². The minimum atomic E-state index is -2.51. The number of aryl methyl sites for hydroxylation is 2. The molecule has 0 unspecified atom stereocenters. The Labute approximate surface area is 195 Å². The summed E-state index contributed by atoms with van der Waals surface area (Å²) in [6.07, 6.45) is 0. The maximum atomic E-state index is 8.82. The molecular weight excluding hydrogens is 392 g/mol. The highest BCUT2D eigenvalue weighted by Gasteiger charge is 2.24. The van der Waals surface area contributed by atoms with E-state index in [2.05, 4.69) is 4.85 Å². The van der Waals surface area contributed by atoms with Crippen LogP contribution < -0.4 is 4.57 Å². The molecule has 0 aliphatic heterocycles. The number of benzene rings is 3. The smallest absolute Gasteiger partial charge is 0.216 e. The number of pyridine rings is 1. The Morgan fingerprint density at radius 3 is 2.25 bits per heavy atom. The molecule has 0 amide bonds. The Kier molecular flexibility index (Phi) is 3.45. The van der Waals surface area contributed by atoms with E-state index in [-0.39, 0.29) is 17.6 Å². The lowest BCUT2D eigenvalue weighted by Gasteiger charge is -2.08. The van der Waals surface area contributed by atoms with Crippen LogP contribution in [-0.4, -0.2) is 0 Å². The molecule has 2 aromatic heterocycles. The summed E-state index contributed by atoms with van der Waals surface area (Å²) in [6, 6.07) is 15.0. The van der Waals surface area contributed by atoms with Gasteiger partial charge in [-0.3, -0.25) is 0 Å². The minimum Gasteiger partial charge on any atom is -0.456 e. The van der Waals surface area contributed by atoms with Gasteiger partial charge in [-0.1, -0.05) is 54.1 Å². The molecule has 0 fully saturated rings. The maximum absolute atomic E-state index is 8.82. The Hall–Kier alpha value is -3.90. The Bertz CT molecular complexity index is 1750. The fourth-order valence-electron chi connectivity index (χ4n) is 4.24. The topological polar surface area (TPSA) is 21.4 Å². The molecule has 3 heteroatoms. The summed E-state index contributed by atoms with van der Waals surface area (Å²) >= 11 is 0. The first-order valence-electron chi connectivity index (χ1n) is 12.9.